The first kappa shape index (κ1) is 44.1. The van der Waals surface area contributed by atoms with Gasteiger partial charge in [-0.15, -0.1) is 18.9 Å². The van der Waals surface area contributed by atoms with Crippen LogP contribution in [0.15, 0.2) is 12.7 Å². The van der Waals surface area contributed by atoms with Crippen molar-refractivity contribution in [2.45, 2.75) is 131 Å². The number of carbonyl (C=O) groups excluding carboxylic acids is 6. The molecule has 2 fully saturated rings. The number of rotatable bonds is 17. The van der Waals surface area contributed by atoms with Gasteiger partial charge in [0, 0.05) is 26.1 Å². The highest BCUT2D eigenvalue weighted by Gasteiger charge is 2.50. The molecule has 0 radical (unpaired) electrons. The van der Waals surface area contributed by atoms with E-state index >= 15 is 0 Å². The Morgan fingerprint density at radius 3 is 2.21 bits per heavy atom. The number of carbonyl (C=O) groups is 6. The van der Waals surface area contributed by atoms with Crippen molar-refractivity contribution < 1.29 is 33.5 Å². The molecule has 0 aromatic rings. The van der Waals surface area contributed by atoms with Crippen LogP contribution in [0, 0.1) is 40.9 Å². The quantitative estimate of drug-likeness (QED) is 0.0853. The number of amides is 6. The summed E-state index contributed by atoms with van der Waals surface area (Å²) in [7, 11) is 0. The van der Waals surface area contributed by atoms with Gasteiger partial charge in [-0.25, -0.2) is 9.59 Å². The third kappa shape index (κ3) is 12.8. The molecule has 0 spiro atoms. The number of nitrogens with zero attached hydrogens (tertiary/aromatic N) is 1. The number of alkyl carbamates (subject to hydrolysis) is 1. The maximum atomic E-state index is 14.8. The van der Waals surface area contributed by atoms with Crippen LogP contribution in [0.3, 0.4) is 0 Å². The molecule has 0 aromatic heterocycles. The lowest BCUT2D eigenvalue weighted by atomic mass is 9.70. The second-order valence-corrected chi connectivity index (χ2v) is 16.4. The Balaban J connectivity index is 2.39. The highest BCUT2D eigenvalue weighted by Crippen LogP contribution is 2.41. The van der Waals surface area contributed by atoms with Crippen LogP contribution in [0.1, 0.15) is 107 Å². The molecule has 292 valence electrons. The summed E-state index contributed by atoms with van der Waals surface area (Å²) in [5.41, 5.74) is -1.09. The highest BCUT2D eigenvalue weighted by atomic mass is 16.5. The van der Waals surface area contributed by atoms with E-state index in [0.717, 1.165) is 19.3 Å². The molecule has 1 aliphatic heterocycles. The molecule has 2 aliphatic rings. The van der Waals surface area contributed by atoms with Crippen LogP contribution in [0.25, 0.3) is 0 Å². The van der Waals surface area contributed by atoms with Crippen LogP contribution >= 0.6 is 0 Å². The van der Waals surface area contributed by atoms with Crippen LogP contribution in [0.2, 0.25) is 0 Å². The average molecular weight is 729 g/mol. The van der Waals surface area contributed by atoms with Crippen LogP contribution in [-0.4, -0.2) is 90.9 Å². The van der Waals surface area contributed by atoms with E-state index in [1.807, 2.05) is 55.4 Å². The zero-order chi connectivity index (χ0) is 39.2. The summed E-state index contributed by atoms with van der Waals surface area (Å²) in [6.07, 6.45) is 11.3. The molecular weight excluding hydrogens is 664 g/mol. The van der Waals surface area contributed by atoms with E-state index in [2.05, 4.69) is 39.1 Å². The largest absolute Gasteiger partial charge is 0.447 e. The van der Waals surface area contributed by atoms with Crippen molar-refractivity contribution in [2.75, 3.05) is 26.2 Å². The van der Waals surface area contributed by atoms with Crippen molar-refractivity contribution in [1.29, 1.82) is 0 Å². The number of likely N-dealkylation sites (tertiary alicyclic amines) is 1. The monoisotopic (exact) mass is 728 g/mol. The summed E-state index contributed by atoms with van der Waals surface area (Å²) >= 11 is 0. The van der Waals surface area contributed by atoms with Gasteiger partial charge in [0.15, 0.2) is 0 Å². The SMILES string of the molecule is C#CCCC(NC(=O)C1C(C(C)C)CCN1C(=O)C(NC(=O)N[C@H](COC(=O)NCC(C)C)C(C)(C)C)C1(C)CCCCC1)C(=O)C(=O)NCC=C. The van der Waals surface area contributed by atoms with E-state index in [1.54, 1.807) is 0 Å². The van der Waals surface area contributed by atoms with Gasteiger partial charge in [-0.3, -0.25) is 19.2 Å². The van der Waals surface area contributed by atoms with Crippen molar-refractivity contribution in [2.24, 2.45) is 28.6 Å². The molecule has 1 saturated carbocycles. The fraction of sp³-hybridized carbons (Fsp3) is 0.744. The number of nitrogens with one attached hydrogen (secondary N) is 5. The molecule has 1 saturated heterocycles. The molecule has 5 atom stereocenters. The Morgan fingerprint density at radius 1 is 1.00 bits per heavy atom. The second-order valence-electron chi connectivity index (χ2n) is 16.4. The molecule has 2 rings (SSSR count). The summed E-state index contributed by atoms with van der Waals surface area (Å²) < 4.78 is 5.46. The number of hydrogen-bond donors (Lipinski definition) is 5. The molecule has 52 heavy (non-hydrogen) atoms. The smallest absolute Gasteiger partial charge is 0.407 e. The highest BCUT2D eigenvalue weighted by molar-refractivity contribution is 6.38. The molecular formula is C39H64N6O7. The first-order valence-electron chi connectivity index (χ1n) is 18.8. The van der Waals surface area contributed by atoms with E-state index in [0.29, 0.717) is 25.8 Å². The number of Topliss-reactive ketones (excluding diaryl/α,β-unsaturated/α-hetero) is 1. The van der Waals surface area contributed by atoms with Crippen molar-refractivity contribution in [1.82, 2.24) is 31.5 Å². The standard InChI is InChI=1S/C39H64N6O7/c1-11-13-17-28(31(46)34(48)40-21-12-2)42-33(47)30-27(26(5)6)18-22-45(30)35(49)32(39(10)19-15-14-16-20-39)44-36(50)43-29(38(7,8)9)24-52-37(51)41-23-25(3)4/h1,12,25-30,32H,2,13-24H2,3-10H3,(H,40,48)(H,41,51)(H,42,47)(H2,43,44,50)/t27?,28?,29-,30?,32?/m1/s1. The fourth-order valence-electron chi connectivity index (χ4n) is 6.95. The molecule has 1 aliphatic carbocycles. The Morgan fingerprint density at radius 2 is 1.65 bits per heavy atom. The molecule has 6 amide bonds. The second kappa shape index (κ2) is 20.2. The van der Waals surface area contributed by atoms with Gasteiger partial charge in [0.05, 0.1) is 12.1 Å². The van der Waals surface area contributed by atoms with E-state index < -0.39 is 64.7 Å². The van der Waals surface area contributed by atoms with Crippen molar-refractivity contribution >= 4 is 35.6 Å². The molecule has 4 unspecified atom stereocenters. The summed E-state index contributed by atoms with van der Waals surface area (Å²) in [5, 5.41) is 13.9. The lowest BCUT2D eigenvalue weighted by Gasteiger charge is -2.43. The van der Waals surface area contributed by atoms with Gasteiger partial charge < -0.3 is 36.2 Å². The minimum Gasteiger partial charge on any atom is -0.447 e. The first-order valence-corrected chi connectivity index (χ1v) is 18.8. The maximum absolute atomic E-state index is 14.8. The van der Waals surface area contributed by atoms with E-state index in [4.69, 9.17) is 11.2 Å². The summed E-state index contributed by atoms with van der Waals surface area (Å²) in [4.78, 5) is 82.3. The van der Waals surface area contributed by atoms with Gasteiger partial charge >= 0.3 is 12.1 Å². The molecule has 0 aromatic carbocycles. The van der Waals surface area contributed by atoms with E-state index in [9.17, 15) is 28.8 Å². The Hall–Kier alpha value is -4.08. The number of ketones is 1. The van der Waals surface area contributed by atoms with Gasteiger partial charge in [0.25, 0.3) is 5.91 Å². The molecule has 13 heteroatoms. The van der Waals surface area contributed by atoms with Crippen LogP contribution in [0.5, 0.6) is 0 Å². The zero-order valence-corrected chi connectivity index (χ0v) is 32.7. The van der Waals surface area contributed by atoms with Gasteiger partial charge in [-0.1, -0.05) is 80.7 Å². The van der Waals surface area contributed by atoms with Crippen LogP contribution in [0.4, 0.5) is 9.59 Å². The van der Waals surface area contributed by atoms with Crippen molar-refractivity contribution in [3.8, 4) is 12.3 Å². The summed E-state index contributed by atoms with van der Waals surface area (Å²) in [6.45, 7) is 19.9. The third-order valence-electron chi connectivity index (χ3n) is 10.3. The lowest BCUT2D eigenvalue weighted by molar-refractivity contribution is -0.145. The Labute approximate surface area is 310 Å². The maximum Gasteiger partial charge on any atom is 0.407 e. The summed E-state index contributed by atoms with van der Waals surface area (Å²) in [6, 6.07) is -4.25. The van der Waals surface area contributed by atoms with Crippen molar-refractivity contribution in [3.05, 3.63) is 12.7 Å². The molecule has 0 bridgehead atoms. The van der Waals surface area contributed by atoms with Gasteiger partial charge in [-0.05, 0) is 54.3 Å². The van der Waals surface area contributed by atoms with E-state index in [1.165, 1.54) is 11.0 Å². The molecule has 5 N–H and O–H groups in total. The minimum atomic E-state index is -1.18. The van der Waals surface area contributed by atoms with Gasteiger partial charge in [-0.2, -0.15) is 0 Å². The number of terminal acetylenes is 1. The zero-order valence-electron chi connectivity index (χ0n) is 32.7. The third-order valence-corrected chi connectivity index (χ3v) is 10.3. The predicted octanol–water partition coefficient (Wildman–Crippen LogP) is 4.06. The van der Waals surface area contributed by atoms with Crippen molar-refractivity contribution in [3.63, 3.8) is 0 Å². The summed E-state index contributed by atoms with van der Waals surface area (Å²) in [5.74, 6) is -0.143. The van der Waals surface area contributed by atoms with Gasteiger partial charge in [0.2, 0.25) is 17.6 Å². The number of ether oxygens (including phenoxy) is 1. The number of urea groups is 1. The average Bonchev–Trinajstić information content (AvgIpc) is 3.54. The molecule has 1 heterocycles. The first-order chi connectivity index (χ1) is 24.4. The van der Waals surface area contributed by atoms with Crippen LogP contribution in [-0.2, 0) is 23.9 Å². The molecule has 13 nitrogen and oxygen atoms in total. The Bertz CT molecular complexity index is 1310. The van der Waals surface area contributed by atoms with Crippen LogP contribution < -0.4 is 26.6 Å². The topological polar surface area (TPSA) is 175 Å². The Kier molecular flexibility index (Phi) is 17.2. The normalized spacial score (nSPS) is 20.1. The minimum absolute atomic E-state index is 0.00885. The fourth-order valence-corrected chi connectivity index (χ4v) is 6.95. The lowest BCUT2D eigenvalue weighted by Crippen LogP contribution is -2.63. The van der Waals surface area contributed by atoms with Gasteiger partial charge in [0.1, 0.15) is 18.7 Å². The van der Waals surface area contributed by atoms with E-state index in [-0.39, 0.29) is 56.2 Å². The number of hydrogen-bond acceptors (Lipinski definition) is 7. The predicted molar refractivity (Wildman–Crippen MR) is 201 cm³/mol.